The maximum absolute atomic E-state index is 5.67. The van der Waals surface area contributed by atoms with Gasteiger partial charge < -0.3 is 15.4 Å². The summed E-state index contributed by atoms with van der Waals surface area (Å²) < 4.78 is 5.24. The van der Waals surface area contributed by atoms with Crippen molar-refractivity contribution in [1.29, 1.82) is 0 Å². The van der Waals surface area contributed by atoms with Crippen molar-refractivity contribution >= 4 is 16.7 Å². The zero-order valence-corrected chi connectivity index (χ0v) is 12.5. The molecule has 3 rings (SSSR count). The summed E-state index contributed by atoms with van der Waals surface area (Å²) in [6.45, 7) is 2.91. The fraction of sp³-hybridized carbons (Fsp3) is 0.500. The minimum absolute atomic E-state index is 0.634. The highest BCUT2D eigenvalue weighted by molar-refractivity contribution is 5.88. The number of ether oxygens (including phenoxy) is 1. The van der Waals surface area contributed by atoms with E-state index in [1.165, 1.54) is 12.8 Å². The monoisotopic (exact) mass is 286 g/mol. The van der Waals surface area contributed by atoms with Crippen molar-refractivity contribution in [2.24, 2.45) is 11.7 Å². The van der Waals surface area contributed by atoms with Gasteiger partial charge in [-0.1, -0.05) is 0 Å². The summed E-state index contributed by atoms with van der Waals surface area (Å²) in [4.78, 5) is 11.4. The minimum Gasteiger partial charge on any atom is -0.481 e. The maximum atomic E-state index is 5.67. The molecule has 1 saturated heterocycles. The van der Waals surface area contributed by atoms with Crippen LogP contribution >= 0.6 is 0 Å². The first-order valence-electron chi connectivity index (χ1n) is 7.56. The number of rotatable bonds is 4. The number of aromatic nitrogens is 2. The SMILES string of the molecule is COc1ccc2nccc(N3CCC(CCN)CC3)c2n1. The van der Waals surface area contributed by atoms with Gasteiger partial charge in [0.25, 0.3) is 0 Å². The maximum Gasteiger partial charge on any atom is 0.213 e. The van der Waals surface area contributed by atoms with Crippen molar-refractivity contribution in [3.05, 3.63) is 24.4 Å². The standard InChI is InChI=1S/C16H22N4O/c1-21-15-3-2-13-16(19-15)14(5-9-18-13)20-10-6-12(4-8-17)7-11-20/h2-3,5,9,12H,4,6-8,10-11,17H2,1H3. The molecule has 1 aliphatic heterocycles. The number of hydrogen-bond donors (Lipinski definition) is 1. The Balaban J connectivity index is 1.87. The first-order valence-corrected chi connectivity index (χ1v) is 7.56. The van der Waals surface area contributed by atoms with Crippen LogP contribution in [0.2, 0.25) is 0 Å². The van der Waals surface area contributed by atoms with E-state index in [9.17, 15) is 0 Å². The van der Waals surface area contributed by atoms with E-state index in [2.05, 4.69) is 20.9 Å². The zero-order valence-electron chi connectivity index (χ0n) is 12.5. The van der Waals surface area contributed by atoms with Gasteiger partial charge in [0.2, 0.25) is 5.88 Å². The lowest BCUT2D eigenvalue weighted by molar-refractivity contribution is 0.386. The molecule has 0 atom stereocenters. The van der Waals surface area contributed by atoms with Crippen molar-refractivity contribution in [1.82, 2.24) is 9.97 Å². The Bertz CT molecular complexity index is 608. The molecule has 2 N–H and O–H groups in total. The summed E-state index contributed by atoms with van der Waals surface area (Å²) in [5, 5.41) is 0. The molecule has 0 radical (unpaired) electrons. The number of anilines is 1. The second-order valence-corrected chi connectivity index (χ2v) is 5.56. The second-order valence-electron chi connectivity index (χ2n) is 5.56. The van der Waals surface area contributed by atoms with E-state index < -0.39 is 0 Å². The molecule has 2 aromatic heterocycles. The number of nitrogens with zero attached hydrogens (tertiary/aromatic N) is 3. The van der Waals surface area contributed by atoms with Crippen molar-refractivity contribution < 1.29 is 4.74 Å². The highest BCUT2D eigenvalue weighted by atomic mass is 16.5. The first-order chi connectivity index (χ1) is 10.3. The Morgan fingerprint density at radius 3 is 2.81 bits per heavy atom. The number of pyridine rings is 2. The molecule has 2 aromatic rings. The van der Waals surface area contributed by atoms with Gasteiger partial charge in [0.1, 0.15) is 5.52 Å². The van der Waals surface area contributed by atoms with Gasteiger partial charge in [-0.3, -0.25) is 4.98 Å². The minimum atomic E-state index is 0.634. The zero-order chi connectivity index (χ0) is 14.7. The van der Waals surface area contributed by atoms with Crippen molar-refractivity contribution in [3.8, 4) is 5.88 Å². The molecular weight excluding hydrogens is 264 g/mol. The summed E-state index contributed by atoms with van der Waals surface area (Å²) >= 11 is 0. The van der Waals surface area contributed by atoms with Crippen molar-refractivity contribution in [2.45, 2.75) is 19.3 Å². The quantitative estimate of drug-likeness (QED) is 0.933. The predicted octanol–water partition coefficient (Wildman–Crippen LogP) is 2.20. The van der Waals surface area contributed by atoms with E-state index in [0.29, 0.717) is 5.88 Å². The van der Waals surface area contributed by atoms with Crippen molar-refractivity contribution in [2.75, 3.05) is 31.6 Å². The summed E-state index contributed by atoms with van der Waals surface area (Å²) in [5.74, 6) is 1.40. The lowest BCUT2D eigenvalue weighted by Gasteiger charge is -2.33. The Kier molecular flexibility index (Phi) is 4.20. The van der Waals surface area contributed by atoms with E-state index in [-0.39, 0.29) is 0 Å². The largest absolute Gasteiger partial charge is 0.481 e. The lowest BCUT2D eigenvalue weighted by Crippen LogP contribution is -2.34. The summed E-state index contributed by atoms with van der Waals surface area (Å²) in [7, 11) is 1.64. The van der Waals surface area contributed by atoms with Crippen molar-refractivity contribution in [3.63, 3.8) is 0 Å². The molecule has 21 heavy (non-hydrogen) atoms. The molecule has 112 valence electrons. The second kappa shape index (κ2) is 6.26. The van der Waals surface area contributed by atoms with Gasteiger partial charge in [-0.15, -0.1) is 0 Å². The van der Waals surface area contributed by atoms with Gasteiger partial charge in [-0.2, -0.15) is 0 Å². The topological polar surface area (TPSA) is 64.3 Å². The molecule has 0 spiro atoms. The molecule has 0 aliphatic carbocycles. The van der Waals surface area contributed by atoms with Crippen LogP contribution in [0.4, 0.5) is 5.69 Å². The summed E-state index contributed by atoms with van der Waals surface area (Å²) in [6.07, 6.45) is 5.39. The molecule has 5 heteroatoms. The van der Waals surface area contributed by atoms with E-state index >= 15 is 0 Å². The number of hydrogen-bond acceptors (Lipinski definition) is 5. The summed E-state index contributed by atoms with van der Waals surface area (Å²) in [6, 6.07) is 5.87. The first kappa shape index (κ1) is 14.1. The summed E-state index contributed by atoms with van der Waals surface area (Å²) in [5.41, 5.74) is 8.66. The molecule has 0 bridgehead atoms. The molecule has 1 aliphatic rings. The number of piperidine rings is 1. The van der Waals surface area contributed by atoms with E-state index in [1.807, 2.05) is 18.3 Å². The van der Waals surface area contributed by atoms with Gasteiger partial charge in [0, 0.05) is 25.4 Å². The Morgan fingerprint density at radius 2 is 2.10 bits per heavy atom. The fourth-order valence-electron chi connectivity index (χ4n) is 3.06. The number of fused-ring (bicyclic) bond motifs is 1. The molecule has 0 saturated carbocycles. The Morgan fingerprint density at radius 1 is 1.29 bits per heavy atom. The lowest BCUT2D eigenvalue weighted by atomic mass is 9.93. The molecule has 0 amide bonds. The van der Waals surface area contributed by atoms with E-state index in [4.69, 9.17) is 10.5 Å². The van der Waals surface area contributed by atoms with Crippen LogP contribution in [0.15, 0.2) is 24.4 Å². The van der Waals surface area contributed by atoms with Crippen LogP contribution in [0.1, 0.15) is 19.3 Å². The molecule has 5 nitrogen and oxygen atoms in total. The highest BCUT2D eigenvalue weighted by Crippen LogP contribution is 2.30. The van der Waals surface area contributed by atoms with Gasteiger partial charge in [0.05, 0.1) is 18.3 Å². The average Bonchev–Trinajstić information content (AvgIpc) is 2.55. The third kappa shape index (κ3) is 2.93. The fourth-order valence-corrected chi connectivity index (χ4v) is 3.06. The number of nitrogens with two attached hydrogens (primary N) is 1. The van der Waals surface area contributed by atoms with Crippen LogP contribution in [0.5, 0.6) is 5.88 Å². The van der Waals surface area contributed by atoms with Gasteiger partial charge in [0.15, 0.2) is 0 Å². The molecular formula is C16H22N4O. The third-order valence-corrected chi connectivity index (χ3v) is 4.28. The molecule has 0 unspecified atom stereocenters. The van der Waals surface area contributed by atoms with Crippen LogP contribution in [0.3, 0.4) is 0 Å². The van der Waals surface area contributed by atoms with E-state index in [0.717, 1.165) is 48.7 Å². The van der Waals surface area contributed by atoms with Crippen LogP contribution < -0.4 is 15.4 Å². The van der Waals surface area contributed by atoms with Gasteiger partial charge in [-0.25, -0.2) is 4.98 Å². The van der Waals surface area contributed by atoms with Crippen LogP contribution in [-0.4, -0.2) is 36.7 Å². The van der Waals surface area contributed by atoms with Crippen LogP contribution in [-0.2, 0) is 0 Å². The smallest absolute Gasteiger partial charge is 0.213 e. The van der Waals surface area contributed by atoms with Crippen LogP contribution in [0.25, 0.3) is 11.0 Å². The average molecular weight is 286 g/mol. The number of methoxy groups -OCH3 is 1. The third-order valence-electron chi connectivity index (χ3n) is 4.28. The molecule has 1 fully saturated rings. The Hall–Kier alpha value is -1.88. The van der Waals surface area contributed by atoms with Gasteiger partial charge >= 0.3 is 0 Å². The van der Waals surface area contributed by atoms with Gasteiger partial charge in [-0.05, 0) is 43.9 Å². The molecule has 3 heterocycles. The predicted molar refractivity (Wildman–Crippen MR) is 84.7 cm³/mol. The Labute approximate surface area is 125 Å². The normalized spacial score (nSPS) is 16.4. The van der Waals surface area contributed by atoms with E-state index in [1.54, 1.807) is 7.11 Å². The molecule has 0 aromatic carbocycles. The highest BCUT2D eigenvalue weighted by Gasteiger charge is 2.20. The van der Waals surface area contributed by atoms with Crippen LogP contribution in [0, 0.1) is 5.92 Å².